The Balaban J connectivity index is 1.69. The van der Waals surface area contributed by atoms with Gasteiger partial charge in [-0.2, -0.15) is 0 Å². The van der Waals surface area contributed by atoms with Gasteiger partial charge in [-0.15, -0.1) is 0 Å². The Morgan fingerprint density at radius 2 is 1.67 bits per heavy atom. The zero-order chi connectivity index (χ0) is 28.3. The summed E-state index contributed by atoms with van der Waals surface area (Å²) < 4.78 is 10.5. The van der Waals surface area contributed by atoms with Gasteiger partial charge in [-0.3, -0.25) is 24.0 Å². The third kappa shape index (κ3) is 9.76. The van der Waals surface area contributed by atoms with Crippen molar-refractivity contribution in [2.24, 2.45) is 11.3 Å². The van der Waals surface area contributed by atoms with Crippen molar-refractivity contribution in [1.29, 1.82) is 0 Å². The molecule has 0 heterocycles. The molecule has 2 atom stereocenters. The molecule has 3 rings (SSSR count). The Morgan fingerprint density at radius 3 is 2.31 bits per heavy atom. The summed E-state index contributed by atoms with van der Waals surface area (Å²) in [7, 11) is 0. The van der Waals surface area contributed by atoms with Crippen molar-refractivity contribution in [1.82, 2.24) is 16.0 Å². The lowest BCUT2D eigenvalue weighted by Crippen LogP contribution is -2.56. The van der Waals surface area contributed by atoms with Gasteiger partial charge in [0, 0.05) is 5.41 Å². The van der Waals surface area contributed by atoms with Crippen molar-refractivity contribution >= 4 is 29.5 Å². The van der Waals surface area contributed by atoms with E-state index < -0.39 is 47.6 Å². The zero-order valence-corrected chi connectivity index (χ0v) is 23.0. The van der Waals surface area contributed by atoms with Gasteiger partial charge >= 0.3 is 5.97 Å². The predicted molar refractivity (Wildman–Crippen MR) is 143 cm³/mol. The van der Waals surface area contributed by atoms with Gasteiger partial charge in [0.15, 0.2) is 0 Å². The fourth-order valence-electron chi connectivity index (χ4n) is 4.67. The fraction of sp³-hybridized carbons (Fsp3) is 0.621. The van der Waals surface area contributed by atoms with E-state index in [1.807, 2.05) is 37.3 Å². The summed E-state index contributed by atoms with van der Waals surface area (Å²) >= 11 is 0. The number of nitrogens with one attached hydrogen (secondary N) is 3. The molecule has 0 saturated heterocycles. The summed E-state index contributed by atoms with van der Waals surface area (Å²) in [6.45, 7) is 3.09. The molecule has 3 amide bonds. The average Bonchev–Trinajstić information content (AvgIpc) is 3.70. The summed E-state index contributed by atoms with van der Waals surface area (Å²) in [5.41, 5.74) is 0.397. The Labute approximate surface area is 229 Å². The van der Waals surface area contributed by atoms with Crippen molar-refractivity contribution < 1.29 is 33.4 Å². The number of ketones is 1. The topological polar surface area (TPSA) is 140 Å². The van der Waals surface area contributed by atoms with Crippen molar-refractivity contribution in [3.05, 3.63) is 35.9 Å². The molecule has 0 aromatic heterocycles. The van der Waals surface area contributed by atoms with Crippen LogP contribution in [0, 0.1) is 11.3 Å². The first-order valence-electron chi connectivity index (χ1n) is 13.9. The van der Waals surface area contributed by atoms with Crippen LogP contribution < -0.4 is 16.0 Å². The van der Waals surface area contributed by atoms with Gasteiger partial charge in [-0.25, -0.2) is 0 Å². The molecular formula is C29H41N3O7. The normalized spacial score (nSPS) is 17.8. The first-order valence-corrected chi connectivity index (χ1v) is 13.9. The highest BCUT2D eigenvalue weighted by Gasteiger charge is 2.46. The monoisotopic (exact) mass is 543 g/mol. The summed E-state index contributed by atoms with van der Waals surface area (Å²) in [6.07, 6.45) is 7.30. The van der Waals surface area contributed by atoms with Gasteiger partial charge in [-0.1, -0.05) is 69.4 Å². The number of benzene rings is 1. The van der Waals surface area contributed by atoms with E-state index in [0.717, 1.165) is 50.5 Å². The van der Waals surface area contributed by atoms with Crippen LogP contribution in [0.3, 0.4) is 0 Å². The highest BCUT2D eigenvalue weighted by atomic mass is 16.5. The van der Waals surface area contributed by atoms with Crippen molar-refractivity contribution in [2.45, 2.75) is 83.9 Å². The molecule has 0 spiro atoms. The molecule has 0 radical (unpaired) electrons. The minimum atomic E-state index is -1.30. The Hall–Kier alpha value is -3.27. The number of carbonyl (C=O) groups excluding carboxylic acids is 5. The van der Waals surface area contributed by atoms with Crippen molar-refractivity contribution in [3.8, 4) is 0 Å². The first kappa shape index (κ1) is 30.3. The molecule has 3 N–H and O–H groups in total. The van der Waals surface area contributed by atoms with Crippen LogP contribution >= 0.6 is 0 Å². The van der Waals surface area contributed by atoms with Gasteiger partial charge in [0.1, 0.15) is 18.6 Å². The molecule has 2 saturated carbocycles. The number of carbonyl (C=O) groups is 5. The summed E-state index contributed by atoms with van der Waals surface area (Å²) in [5, 5.41) is 7.81. The quantitative estimate of drug-likeness (QED) is 0.228. The second-order valence-electron chi connectivity index (χ2n) is 10.7. The van der Waals surface area contributed by atoms with E-state index >= 15 is 0 Å². The number of esters is 1. The van der Waals surface area contributed by atoms with E-state index in [2.05, 4.69) is 16.0 Å². The lowest BCUT2D eigenvalue weighted by Gasteiger charge is -2.28. The first-order chi connectivity index (χ1) is 18.7. The molecule has 2 aliphatic rings. The van der Waals surface area contributed by atoms with E-state index in [1.165, 1.54) is 0 Å². The summed E-state index contributed by atoms with van der Waals surface area (Å²) in [5.74, 6) is -3.07. The van der Waals surface area contributed by atoms with Crippen molar-refractivity contribution in [3.63, 3.8) is 0 Å². The molecule has 214 valence electrons. The largest absolute Gasteiger partial charge is 0.465 e. The molecule has 1 aromatic carbocycles. The van der Waals surface area contributed by atoms with E-state index in [4.69, 9.17) is 9.47 Å². The molecule has 39 heavy (non-hydrogen) atoms. The van der Waals surface area contributed by atoms with E-state index in [-0.39, 0.29) is 31.6 Å². The van der Waals surface area contributed by atoms with Crippen molar-refractivity contribution in [2.75, 3.05) is 19.8 Å². The second kappa shape index (κ2) is 14.8. The van der Waals surface area contributed by atoms with Gasteiger partial charge in [-0.05, 0) is 37.7 Å². The number of amides is 3. The Kier molecular flexibility index (Phi) is 11.5. The molecule has 1 aromatic rings. The molecule has 2 aliphatic carbocycles. The van der Waals surface area contributed by atoms with Crippen LogP contribution in [-0.4, -0.2) is 61.3 Å². The lowest BCUT2D eigenvalue weighted by molar-refractivity contribution is -0.146. The second-order valence-corrected chi connectivity index (χ2v) is 10.7. The lowest BCUT2D eigenvalue weighted by atomic mass is 9.84. The maximum atomic E-state index is 13.5. The number of hydrogen-bond acceptors (Lipinski definition) is 7. The number of Topliss-reactive ketones (excluding diaryl/α,β-unsaturated/α-hetero) is 1. The standard InChI is InChI=1S/C29H41N3O7/c1-3-39-24(33)17-30-27(36)25(34)23(19-38-18-21-12-8-5-9-13-21)31-26(35)22(16-20-10-6-4-7-11-20)32-28(37)29(2)14-15-29/h5,8-9,12-13,20,22-23H,3-4,6-7,10-11,14-19H2,1-2H3,(H,30,36)(H,31,35)(H,32,37)/t22-,23?/m1/s1. The molecule has 10 nitrogen and oxygen atoms in total. The molecular weight excluding hydrogens is 502 g/mol. The third-order valence-electron chi connectivity index (χ3n) is 7.42. The molecule has 1 unspecified atom stereocenters. The number of ether oxygens (including phenoxy) is 2. The minimum Gasteiger partial charge on any atom is -0.465 e. The SMILES string of the molecule is CCOC(=O)CNC(=O)C(=O)C(COCc1ccccc1)NC(=O)[C@@H](CC1CCCCC1)NC(=O)C1(C)CC1. The van der Waals surface area contributed by atoms with Crippen LogP contribution in [0.2, 0.25) is 0 Å². The third-order valence-corrected chi connectivity index (χ3v) is 7.42. The summed E-state index contributed by atoms with van der Waals surface area (Å²) in [6, 6.07) is 7.16. The number of rotatable bonds is 15. The van der Waals surface area contributed by atoms with Crippen LogP contribution in [0.15, 0.2) is 30.3 Å². The van der Waals surface area contributed by atoms with Crippen LogP contribution in [0.5, 0.6) is 0 Å². The van der Waals surface area contributed by atoms with E-state index in [1.54, 1.807) is 6.92 Å². The Bertz CT molecular complexity index is 1000. The predicted octanol–water partition coefficient (Wildman–Crippen LogP) is 2.19. The van der Waals surface area contributed by atoms with E-state index in [9.17, 15) is 24.0 Å². The molecule has 0 bridgehead atoms. The van der Waals surface area contributed by atoms with Crippen LogP contribution in [-0.2, 0) is 40.1 Å². The zero-order valence-electron chi connectivity index (χ0n) is 23.0. The van der Waals surface area contributed by atoms with Crippen LogP contribution in [0.25, 0.3) is 0 Å². The average molecular weight is 544 g/mol. The Morgan fingerprint density at radius 1 is 0.974 bits per heavy atom. The summed E-state index contributed by atoms with van der Waals surface area (Å²) in [4.78, 5) is 63.6. The van der Waals surface area contributed by atoms with Gasteiger partial charge < -0.3 is 25.4 Å². The minimum absolute atomic E-state index is 0.141. The highest BCUT2D eigenvalue weighted by molar-refractivity contribution is 6.38. The molecule has 10 heteroatoms. The maximum absolute atomic E-state index is 13.5. The van der Waals surface area contributed by atoms with E-state index in [0.29, 0.717) is 6.42 Å². The smallest absolute Gasteiger partial charge is 0.325 e. The van der Waals surface area contributed by atoms with Crippen LogP contribution in [0.1, 0.15) is 70.8 Å². The molecule has 2 fully saturated rings. The van der Waals surface area contributed by atoms with Crippen LogP contribution in [0.4, 0.5) is 0 Å². The van der Waals surface area contributed by atoms with Gasteiger partial charge in [0.05, 0.1) is 19.8 Å². The van der Waals surface area contributed by atoms with Gasteiger partial charge in [0.25, 0.3) is 5.91 Å². The highest BCUT2D eigenvalue weighted by Crippen LogP contribution is 2.45. The number of hydrogen-bond donors (Lipinski definition) is 3. The molecule has 0 aliphatic heterocycles. The fourth-order valence-corrected chi connectivity index (χ4v) is 4.67. The van der Waals surface area contributed by atoms with Gasteiger partial charge in [0.2, 0.25) is 17.6 Å². The maximum Gasteiger partial charge on any atom is 0.325 e.